The van der Waals surface area contributed by atoms with E-state index in [4.69, 9.17) is 0 Å². The lowest BCUT2D eigenvalue weighted by atomic mass is 10.3. The van der Waals surface area contributed by atoms with Crippen LogP contribution in [0.3, 0.4) is 0 Å². The third-order valence-corrected chi connectivity index (χ3v) is 3.11. The van der Waals surface area contributed by atoms with E-state index in [-0.39, 0.29) is 6.54 Å². The number of benzene rings is 1. The van der Waals surface area contributed by atoms with Crippen LogP contribution in [-0.2, 0) is 0 Å². The second-order valence-electron chi connectivity index (χ2n) is 4.40. The number of urea groups is 2. The first kappa shape index (κ1) is 16.6. The molecule has 5 amide bonds. The number of nitrogens with one attached hydrogen (secondary N) is 5. The summed E-state index contributed by atoms with van der Waals surface area (Å²) in [5.74, 6) is 0. The van der Waals surface area contributed by atoms with Gasteiger partial charge in [0.15, 0.2) is 0 Å². The molecule has 1 aromatic rings. The van der Waals surface area contributed by atoms with Gasteiger partial charge < -0.3 is 5.32 Å². The van der Waals surface area contributed by atoms with Gasteiger partial charge in [-0.15, -0.1) is 5.53 Å². The van der Waals surface area contributed by atoms with Gasteiger partial charge in [-0.05, 0) is 19.1 Å². The Kier molecular flexibility index (Phi) is 5.77. The van der Waals surface area contributed by atoms with Crippen LogP contribution in [-0.4, -0.2) is 34.6 Å². The lowest BCUT2D eigenvalue weighted by Crippen LogP contribution is -2.59. The molecule has 122 valence electrons. The minimum atomic E-state index is -0.689. The van der Waals surface area contributed by atoms with Crippen LogP contribution in [0.5, 0.6) is 0 Å². The van der Waals surface area contributed by atoms with Crippen molar-refractivity contribution in [3.8, 4) is 0 Å². The Balaban J connectivity index is 1.68. The smallest absolute Gasteiger partial charge is 0.315 e. The standard InChI is InChI=1S/C12H15N7O3S/c1-8-7-19(11(21)16-14-8)18-15-10(20)17-23-12(22)13-9-5-3-2-4-6-9/h2-6,18H,7H2,1H3,(H,13,22)(H,16,21)(H2,15,17,20). The number of hydrazine groups is 2. The highest BCUT2D eigenvalue weighted by molar-refractivity contribution is 8.12. The van der Waals surface area contributed by atoms with Crippen LogP contribution in [0, 0.1) is 0 Å². The topological polar surface area (TPSA) is 127 Å². The molecule has 10 nitrogen and oxygen atoms in total. The van der Waals surface area contributed by atoms with Gasteiger partial charge in [0.25, 0.3) is 0 Å². The van der Waals surface area contributed by atoms with Crippen LogP contribution in [0.25, 0.3) is 0 Å². The van der Waals surface area contributed by atoms with Crippen LogP contribution >= 0.6 is 11.9 Å². The molecule has 0 fully saturated rings. The van der Waals surface area contributed by atoms with Crippen molar-refractivity contribution in [3.05, 3.63) is 30.3 Å². The highest BCUT2D eigenvalue weighted by Crippen LogP contribution is 2.08. The molecule has 0 unspecified atom stereocenters. The SMILES string of the molecule is CC1=NNC(=O)N(NNC(=O)NSC(=O)Nc2ccccc2)C1. The van der Waals surface area contributed by atoms with Crippen molar-refractivity contribution in [2.24, 2.45) is 5.10 Å². The van der Waals surface area contributed by atoms with Gasteiger partial charge in [0.1, 0.15) is 0 Å². The summed E-state index contributed by atoms with van der Waals surface area (Å²) in [6.45, 7) is 1.94. The van der Waals surface area contributed by atoms with Gasteiger partial charge in [-0.2, -0.15) is 5.10 Å². The first-order chi connectivity index (χ1) is 11.0. The molecule has 0 aromatic heterocycles. The highest BCUT2D eigenvalue weighted by atomic mass is 32.2. The molecule has 0 saturated carbocycles. The number of hydrogen-bond acceptors (Lipinski definition) is 6. The Morgan fingerprint density at radius 1 is 1.30 bits per heavy atom. The van der Waals surface area contributed by atoms with Crippen molar-refractivity contribution in [1.82, 2.24) is 26.1 Å². The van der Waals surface area contributed by atoms with Gasteiger partial charge in [0.05, 0.1) is 24.2 Å². The zero-order chi connectivity index (χ0) is 16.7. The second kappa shape index (κ2) is 8.00. The fourth-order valence-electron chi connectivity index (χ4n) is 1.53. The summed E-state index contributed by atoms with van der Waals surface area (Å²) in [7, 11) is 0. The van der Waals surface area contributed by atoms with Crippen molar-refractivity contribution in [2.75, 3.05) is 11.9 Å². The Hall–Kier alpha value is -2.79. The molecule has 5 N–H and O–H groups in total. The molecule has 0 atom stereocenters. The van der Waals surface area contributed by atoms with E-state index in [0.29, 0.717) is 23.3 Å². The fraction of sp³-hybridized carbons (Fsp3) is 0.167. The average Bonchev–Trinajstić information content (AvgIpc) is 2.54. The monoisotopic (exact) mass is 337 g/mol. The lowest BCUT2D eigenvalue weighted by Gasteiger charge is -2.25. The number of amides is 5. The molecule has 1 heterocycles. The summed E-state index contributed by atoms with van der Waals surface area (Å²) >= 11 is 0.572. The van der Waals surface area contributed by atoms with E-state index in [1.165, 1.54) is 0 Å². The zero-order valence-electron chi connectivity index (χ0n) is 12.1. The molecule has 0 bridgehead atoms. The van der Waals surface area contributed by atoms with Crippen LogP contribution in [0.2, 0.25) is 0 Å². The van der Waals surface area contributed by atoms with Crippen molar-refractivity contribution in [2.45, 2.75) is 6.92 Å². The predicted octanol–water partition coefficient (Wildman–Crippen LogP) is 0.987. The van der Waals surface area contributed by atoms with Crippen molar-refractivity contribution < 1.29 is 14.4 Å². The molecule has 0 aliphatic carbocycles. The molecule has 0 spiro atoms. The van der Waals surface area contributed by atoms with Crippen LogP contribution in [0.4, 0.5) is 20.1 Å². The third-order valence-electron chi connectivity index (χ3n) is 2.54. The maximum absolute atomic E-state index is 11.6. The second-order valence-corrected chi connectivity index (χ2v) is 5.18. The van der Waals surface area contributed by atoms with E-state index in [1.807, 2.05) is 6.07 Å². The summed E-state index contributed by atoms with van der Waals surface area (Å²) in [6, 6.07) is 7.62. The van der Waals surface area contributed by atoms with Crippen LogP contribution < -0.4 is 26.4 Å². The number of para-hydroxylation sites is 1. The van der Waals surface area contributed by atoms with E-state index in [0.717, 1.165) is 5.01 Å². The Morgan fingerprint density at radius 2 is 2.04 bits per heavy atom. The number of hydrogen-bond donors (Lipinski definition) is 5. The summed E-state index contributed by atoms with van der Waals surface area (Å²) < 4.78 is 2.27. The zero-order valence-corrected chi connectivity index (χ0v) is 12.9. The Morgan fingerprint density at radius 3 is 2.78 bits per heavy atom. The third kappa shape index (κ3) is 5.48. The lowest BCUT2D eigenvalue weighted by molar-refractivity contribution is 0.162. The molecule has 11 heteroatoms. The van der Waals surface area contributed by atoms with Crippen LogP contribution in [0.15, 0.2) is 35.4 Å². The van der Waals surface area contributed by atoms with E-state index < -0.39 is 17.3 Å². The first-order valence-electron chi connectivity index (χ1n) is 6.50. The van der Waals surface area contributed by atoms with Gasteiger partial charge in [-0.3, -0.25) is 14.9 Å². The van der Waals surface area contributed by atoms with Crippen LogP contribution in [0.1, 0.15) is 6.92 Å². The molecule has 1 aliphatic rings. The van der Waals surface area contributed by atoms with Crippen molar-refractivity contribution in [3.63, 3.8) is 0 Å². The minimum Gasteiger partial charge on any atom is -0.315 e. The summed E-state index contributed by atoms with van der Waals surface area (Å²) in [6.07, 6.45) is 0. The van der Waals surface area contributed by atoms with E-state index in [1.54, 1.807) is 31.2 Å². The fourth-order valence-corrected chi connectivity index (χ4v) is 1.94. The molecule has 1 aromatic carbocycles. The summed E-state index contributed by atoms with van der Waals surface area (Å²) in [4.78, 5) is 34.6. The normalized spacial score (nSPS) is 13.7. The molecule has 1 aliphatic heterocycles. The van der Waals surface area contributed by atoms with E-state index >= 15 is 0 Å². The van der Waals surface area contributed by atoms with E-state index in [2.05, 4.69) is 31.5 Å². The maximum atomic E-state index is 11.6. The van der Waals surface area contributed by atoms with Gasteiger partial charge in [-0.1, -0.05) is 18.2 Å². The number of rotatable bonds is 3. The minimum absolute atomic E-state index is 0.216. The number of anilines is 1. The Bertz CT molecular complexity index is 622. The van der Waals surface area contributed by atoms with Crippen molar-refractivity contribution >= 4 is 40.6 Å². The molecule has 0 radical (unpaired) electrons. The quantitative estimate of drug-likeness (QED) is 0.415. The van der Waals surface area contributed by atoms with Crippen molar-refractivity contribution in [1.29, 1.82) is 0 Å². The summed E-state index contributed by atoms with van der Waals surface area (Å²) in [5.41, 5.74) is 8.17. The summed E-state index contributed by atoms with van der Waals surface area (Å²) in [5, 5.41) is 6.99. The Labute approximate surface area is 136 Å². The number of nitrogens with zero attached hydrogens (tertiary/aromatic N) is 2. The number of carbonyl (C=O) groups is 3. The molecule has 0 saturated heterocycles. The molecular weight excluding hydrogens is 322 g/mol. The predicted molar refractivity (Wildman–Crippen MR) is 86.2 cm³/mol. The molecular formula is C12H15N7O3S. The molecule has 23 heavy (non-hydrogen) atoms. The maximum Gasteiger partial charge on any atom is 0.353 e. The van der Waals surface area contributed by atoms with Gasteiger partial charge in [-0.25, -0.2) is 20.0 Å². The average molecular weight is 337 g/mol. The molecule has 2 rings (SSSR count). The van der Waals surface area contributed by atoms with Gasteiger partial charge in [0, 0.05) is 5.69 Å². The first-order valence-corrected chi connectivity index (χ1v) is 7.31. The van der Waals surface area contributed by atoms with E-state index in [9.17, 15) is 14.4 Å². The van der Waals surface area contributed by atoms with Gasteiger partial charge in [0.2, 0.25) is 0 Å². The highest BCUT2D eigenvalue weighted by Gasteiger charge is 2.19. The van der Waals surface area contributed by atoms with Gasteiger partial charge >= 0.3 is 17.3 Å². The largest absolute Gasteiger partial charge is 0.353 e. The number of carbonyl (C=O) groups excluding carboxylic acids is 3. The number of hydrazone groups is 1.